The molecule has 0 aliphatic carbocycles. The molecule has 0 saturated carbocycles. The molecule has 0 atom stereocenters. The van der Waals surface area contributed by atoms with Crippen LogP contribution in [0.3, 0.4) is 0 Å². The van der Waals surface area contributed by atoms with E-state index in [1.165, 1.54) is 6.33 Å². The first-order valence-electron chi connectivity index (χ1n) is 4.25. The van der Waals surface area contributed by atoms with Gasteiger partial charge in [-0.15, -0.1) is 6.58 Å². The van der Waals surface area contributed by atoms with E-state index in [0.29, 0.717) is 12.2 Å². The number of amides is 1. The lowest BCUT2D eigenvalue weighted by Crippen LogP contribution is -2.27. The highest BCUT2D eigenvalue weighted by atomic mass is 16.3. The molecule has 0 saturated heterocycles. The fourth-order valence-corrected chi connectivity index (χ4v) is 0.982. The van der Waals surface area contributed by atoms with E-state index in [0.717, 1.165) is 0 Å². The minimum absolute atomic E-state index is 0.105. The van der Waals surface area contributed by atoms with Crippen molar-refractivity contribution < 1.29 is 9.90 Å². The largest absolute Gasteiger partial charge is 0.390 e. The van der Waals surface area contributed by atoms with Crippen LogP contribution in [0.2, 0.25) is 0 Å². The van der Waals surface area contributed by atoms with Crippen LogP contribution in [0.15, 0.2) is 25.2 Å². The summed E-state index contributed by atoms with van der Waals surface area (Å²) < 4.78 is 1.62. The van der Waals surface area contributed by atoms with Gasteiger partial charge in [-0.2, -0.15) is 0 Å². The molecule has 0 radical (unpaired) electrons. The Balaban J connectivity index is 2.43. The van der Waals surface area contributed by atoms with Gasteiger partial charge in [-0.1, -0.05) is 6.08 Å². The monoisotopic (exact) mass is 195 g/mol. The topological polar surface area (TPSA) is 67.2 Å². The zero-order valence-corrected chi connectivity index (χ0v) is 7.81. The molecular formula is C9H13N3O2. The van der Waals surface area contributed by atoms with Crippen molar-refractivity contribution >= 4 is 5.91 Å². The van der Waals surface area contributed by atoms with Crippen LogP contribution in [0, 0.1) is 0 Å². The minimum Gasteiger partial charge on any atom is -0.390 e. The van der Waals surface area contributed by atoms with Gasteiger partial charge < -0.3 is 15.0 Å². The van der Waals surface area contributed by atoms with E-state index in [-0.39, 0.29) is 19.1 Å². The molecule has 1 amide bonds. The number of carbonyl (C=O) groups excluding carboxylic acids is 1. The van der Waals surface area contributed by atoms with Crippen molar-refractivity contribution in [3.63, 3.8) is 0 Å². The third kappa shape index (κ3) is 3.02. The summed E-state index contributed by atoms with van der Waals surface area (Å²) in [5.41, 5.74) is 0.557. The number of aromatic nitrogens is 2. The summed E-state index contributed by atoms with van der Waals surface area (Å²) in [6.45, 7) is 4.05. The Morgan fingerprint density at radius 2 is 2.57 bits per heavy atom. The highest BCUT2D eigenvalue weighted by molar-refractivity contribution is 5.75. The highest BCUT2D eigenvalue weighted by Gasteiger charge is 2.02. The maximum Gasteiger partial charge on any atom is 0.240 e. The van der Waals surface area contributed by atoms with Crippen molar-refractivity contribution in [2.45, 2.75) is 13.2 Å². The zero-order valence-electron chi connectivity index (χ0n) is 7.81. The average molecular weight is 195 g/mol. The second kappa shape index (κ2) is 5.18. The predicted octanol–water partition coefficient (Wildman–Crippen LogP) is -0.322. The number of imidazole rings is 1. The first-order chi connectivity index (χ1) is 6.76. The fourth-order valence-electron chi connectivity index (χ4n) is 0.982. The molecule has 2 N–H and O–H groups in total. The van der Waals surface area contributed by atoms with Crippen molar-refractivity contribution in [3.8, 4) is 0 Å². The van der Waals surface area contributed by atoms with Crippen LogP contribution in [0.25, 0.3) is 0 Å². The second-order valence-corrected chi connectivity index (χ2v) is 2.79. The van der Waals surface area contributed by atoms with Crippen molar-refractivity contribution in [2.75, 3.05) is 6.54 Å². The molecule has 0 aromatic carbocycles. The quantitative estimate of drug-likeness (QED) is 0.633. The third-order valence-corrected chi connectivity index (χ3v) is 1.62. The number of carbonyl (C=O) groups is 1. The molecule has 0 aliphatic heterocycles. The number of hydrogen-bond acceptors (Lipinski definition) is 3. The Labute approximate surface area is 82.1 Å². The predicted molar refractivity (Wildman–Crippen MR) is 51.4 cm³/mol. The van der Waals surface area contributed by atoms with E-state index in [4.69, 9.17) is 5.11 Å². The molecule has 14 heavy (non-hydrogen) atoms. The van der Waals surface area contributed by atoms with E-state index in [1.807, 2.05) is 0 Å². The highest BCUT2D eigenvalue weighted by Crippen LogP contribution is 1.95. The Morgan fingerprint density at radius 1 is 1.79 bits per heavy atom. The van der Waals surface area contributed by atoms with Crippen LogP contribution in [0.4, 0.5) is 0 Å². The molecule has 1 heterocycles. The van der Waals surface area contributed by atoms with Gasteiger partial charge in [0.1, 0.15) is 6.54 Å². The average Bonchev–Trinajstić information content (AvgIpc) is 2.62. The zero-order chi connectivity index (χ0) is 10.4. The van der Waals surface area contributed by atoms with Crippen LogP contribution in [0.1, 0.15) is 5.69 Å². The molecule has 1 aromatic heterocycles. The van der Waals surface area contributed by atoms with E-state index < -0.39 is 0 Å². The second-order valence-electron chi connectivity index (χ2n) is 2.79. The summed E-state index contributed by atoms with van der Waals surface area (Å²) in [6.07, 6.45) is 4.76. The Morgan fingerprint density at radius 3 is 3.14 bits per heavy atom. The Kier molecular flexibility index (Phi) is 3.87. The summed E-state index contributed by atoms with van der Waals surface area (Å²) in [5.74, 6) is -0.105. The molecule has 0 spiro atoms. The number of rotatable bonds is 5. The molecule has 5 heteroatoms. The van der Waals surface area contributed by atoms with Crippen LogP contribution >= 0.6 is 0 Å². The molecule has 1 rings (SSSR count). The molecule has 0 unspecified atom stereocenters. The number of nitrogens with zero attached hydrogens (tertiary/aromatic N) is 2. The van der Waals surface area contributed by atoms with E-state index in [1.54, 1.807) is 16.8 Å². The smallest absolute Gasteiger partial charge is 0.240 e. The van der Waals surface area contributed by atoms with Gasteiger partial charge in [-0.05, 0) is 0 Å². The van der Waals surface area contributed by atoms with Gasteiger partial charge in [0.2, 0.25) is 5.91 Å². The minimum atomic E-state index is -0.110. The van der Waals surface area contributed by atoms with Crippen molar-refractivity contribution in [2.24, 2.45) is 0 Å². The van der Waals surface area contributed by atoms with Crippen molar-refractivity contribution in [3.05, 3.63) is 30.9 Å². The van der Waals surface area contributed by atoms with Gasteiger partial charge in [-0.25, -0.2) is 4.98 Å². The third-order valence-electron chi connectivity index (χ3n) is 1.62. The number of aliphatic hydroxyl groups is 1. The van der Waals surface area contributed by atoms with Gasteiger partial charge in [0.15, 0.2) is 0 Å². The molecule has 0 bridgehead atoms. The molecule has 0 fully saturated rings. The first-order valence-corrected chi connectivity index (χ1v) is 4.25. The summed E-state index contributed by atoms with van der Waals surface area (Å²) in [6, 6.07) is 0. The maximum absolute atomic E-state index is 11.2. The molecule has 0 aliphatic rings. The lowest BCUT2D eigenvalue weighted by atomic mass is 10.5. The van der Waals surface area contributed by atoms with E-state index in [2.05, 4.69) is 16.9 Å². The van der Waals surface area contributed by atoms with Gasteiger partial charge in [-0.3, -0.25) is 4.79 Å². The standard InChI is InChI=1S/C9H13N3O2/c1-2-3-10-9(14)5-12-4-8(6-13)11-7-12/h2,4,7,13H,1,3,5-6H2,(H,10,14). The Hall–Kier alpha value is -1.62. The SMILES string of the molecule is C=CCNC(=O)Cn1cnc(CO)c1. The van der Waals surface area contributed by atoms with Crippen LogP contribution in [-0.2, 0) is 17.9 Å². The molecular weight excluding hydrogens is 182 g/mol. The summed E-state index contributed by atoms with van der Waals surface area (Å²) in [4.78, 5) is 15.1. The van der Waals surface area contributed by atoms with Crippen molar-refractivity contribution in [1.29, 1.82) is 0 Å². The normalized spacial score (nSPS) is 9.79. The summed E-state index contributed by atoms with van der Waals surface area (Å²) >= 11 is 0. The van der Waals surface area contributed by atoms with Gasteiger partial charge >= 0.3 is 0 Å². The van der Waals surface area contributed by atoms with E-state index in [9.17, 15) is 4.79 Å². The number of aliphatic hydroxyl groups excluding tert-OH is 1. The van der Waals surface area contributed by atoms with Gasteiger partial charge in [0.05, 0.1) is 18.6 Å². The lowest BCUT2D eigenvalue weighted by molar-refractivity contribution is -0.121. The van der Waals surface area contributed by atoms with Crippen LogP contribution in [-0.4, -0.2) is 27.1 Å². The van der Waals surface area contributed by atoms with Crippen LogP contribution < -0.4 is 5.32 Å². The number of hydrogen-bond donors (Lipinski definition) is 2. The molecule has 1 aromatic rings. The fraction of sp³-hybridized carbons (Fsp3) is 0.333. The maximum atomic E-state index is 11.2. The lowest BCUT2D eigenvalue weighted by Gasteiger charge is -2.01. The number of nitrogens with one attached hydrogen (secondary N) is 1. The van der Waals surface area contributed by atoms with Crippen molar-refractivity contribution in [1.82, 2.24) is 14.9 Å². The molecule has 76 valence electrons. The molecule has 5 nitrogen and oxygen atoms in total. The van der Waals surface area contributed by atoms with Crippen LogP contribution in [0.5, 0.6) is 0 Å². The first kappa shape index (κ1) is 10.5. The summed E-state index contributed by atoms with van der Waals surface area (Å²) in [7, 11) is 0. The summed E-state index contributed by atoms with van der Waals surface area (Å²) in [5, 5.41) is 11.4. The van der Waals surface area contributed by atoms with Gasteiger partial charge in [0.25, 0.3) is 0 Å². The van der Waals surface area contributed by atoms with E-state index >= 15 is 0 Å². The Bertz CT molecular complexity index is 320. The van der Waals surface area contributed by atoms with Gasteiger partial charge in [0, 0.05) is 12.7 Å².